The highest BCUT2D eigenvalue weighted by molar-refractivity contribution is 6.09. The van der Waals surface area contributed by atoms with Crippen molar-refractivity contribution in [3.05, 3.63) is 59.3 Å². The summed E-state index contributed by atoms with van der Waals surface area (Å²) in [6.45, 7) is 8.04. The molecule has 1 aromatic carbocycles. The van der Waals surface area contributed by atoms with Crippen LogP contribution in [0.5, 0.6) is 0 Å². The molecule has 0 spiro atoms. The highest BCUT2D eigenvalue weighted by atomic mass is 16.1. The van der Waals surface area contributed by atoms with Gasteiger partial charge in [0.1, 0.15) is 5.82 Å². The lowest BCUT2D eigenvalue weighted by atomic mass is 10.0. The maximum absolute atomic E-state index is 12.4. The van der Waals surface area contributed by atoms with Gasteiger partial charge < -0.3 is 4.90 Å². The Morgan fingerprint density at radius 2 is 1.75 bits per heavy atom. The molecule has 0 radical (unpaired) electrons. The van der Waals surface area contributed by atoms with Crippen molar-refractivity contribution in [2.24, 2.45) is 0 Å². The maximum Gasteiger partial charge on any atom is 0.194 e. The summed E-state index contributed by atoms with van der Waals surface area (Å²) >= 11 is 0. The molecule has 0 atom stereocenters. The molecule has 0 bridgehead atoms. The van der Waals surface area contributed by atoms with Crippen molar-refractivity contribution < 1.29 is 4.79 Å². The first kappa shape index (κ1) is 14.3. The van der Waals surface area contributed by atoms with Crippen molar-refractivity contribution in [3.63, 3.8) is 0 Å². The number of benzene rings is 1. The Hall–Kier alpha value is -2.16. The molecule has 0 aliphatic rings. The number of aryl methyl sites for hydroxylation is 1. The summed E-state index contributed by atoms with van der Waals surface area (Å²) in [5.74, 6) is 0.979. The van der Waals surface area contributed by atoms with Gasteiger partial charge in [0.05, 0.1) is 0 Å². The number of anilines is 1. The van der Waals surface area contributed by atoms with Crippen molar-refractivity contribution in [2.75, 3.05) is 18.0 Å². The fourth-order valence-corrected chi connectivity index (χ4v) is 2.30. The second-order valence-corrected chi connectivity index (χ2v) is 4.73. The predicted octanol–water partition coefficient (Wildman–Crippen LogP) is 3.47. The average molecular weight is 268 g/mol. The van der Waals surface area contributed by atoms with Gasteiger partial charge in [0.2, 0.25) is 0 Å². The minimum atomic E-state index is 0.0206. The van der Waals surface area contributed by atoms with Crippen LogP contribution in [0.1, 0.15) is 35.3 Å². The smallest absolute Gasteiger partial charge is 0.194 e. The summed E-state index contributed by atoms with van der Waals surface area (Å²) in [6.07, 6.45) is 1.68. The third-order valence-electron chi connectivity index (χ3n) is 3.41. The van der Waals surface area contributed by atoms with Crippen molar-refractivity contribution in [1.82, 2.24) is 4.98 Å². The monoisotopic (exact) mass is 268 g/mol. The van der Waals surface area contributed by atoms with Crippen LogP contribution in [0.2, 0.25) is 0 Å². The molecular formula is C17H20N2O. The summed E-state index contributed by atoms with van der Waals surface area (Å²) in [5.41, 5.74) is 2.38. The SMILES string of the molecule is CCN(CC)c1ncc(C(=O)c2ccccc2)cc1C. The molecule has 3 heteroatoms. The second kappa shape index (κ2) is 6.33. The van der Waals surface area contributed by atoms with Gasteiger partial charge >= 0.3 is 0 Å². The summed E-state index contributed by atoms with van der Waals surface area (Å²) in [4.78, 5) is 19.0. The predicted molar refractivity (Wildman–Crippen MR) is 82.4 cm³/mol. The van der Waals surface area contributed by atoms with E-state index in [2.05, 4.69) is 23.7 Å². The average Bonchev–Trinajstić information content (AvgIpc) is 2.50. The molecule has 0 aliphatic heterocycles. The van der Waals surface area contributed by atoms with Crippen LogP contribution in [0.25, 0.3) is 0 Å². The van der Waals surface area contributed by atoms with Crippen LogP contribution in [0, 0.1) is 6.92 Å². The van der Waals surface area contributed by atoms with Crippen LogP contribution in [0.4, 0.5) is 5.82 Å². The number of hydrogen-bond donors (Lipinski definition) is 0. The fourth-order valence-electron chi connectivity index (χ4n) is 2.30. The van der Waals surface area contributed by atoms with Crippen LogP contribution >= 0.6 is 0 Å². The van der Waals surface area contributed by atoms with Crippen molar-refractivity contribution in [3.8, 4) is 0 Å². The van der Waals surface area contributed by atoms with Crippen LogP contribution < -0.4 is 4.90 Å². The number of rotatable bonds is 5. The summed E-state index contributed by atoms with van der Waals surface area (Å²) in [7, 11) is 0. The first-order chi connectivity index (χ1) is 9.67. The minimum Gasteiger partial charge on any atom is -0.357 e. The number of nitrogens with zero attached hydrogens (tertiary/aromatic N) is 2. The summed E-state index contributed by atoms with van der Waals surface area (Å²) in [5, 5.41) is 0. The molecule has 0 amide bonds. The van der Waals surface area contributed by atoms with Gasteiger partial charge in [-0.1, -0.05) is 30.3 Å². The van der Waals surface area contributed by atoms with Crippen LogP contribution in [-0.4, -0.2) is 23.9 Å². The molecule has 2 rings (SSSR count). The molecule has 1 heterocycles. The van der Waals surface area contributed by atoms with Gasteiger partial charge in [-0.25, -0.2) is 4.98 Å². The van der Waals surface area contributed by atoms with E-state index in [1.165, 1.54) is 0 Å². The van der Waals surface area contributed by atoms with Crippen LogP contribution in [0.15, 0.2) is 42.6 Å². The first-order valence-corrected chi connectivity index (χ1v) is 6.98. The molecule has 0 fully saturated rings. The second-order valence-electron chi connectivity index (χ2n) is 4.73. The normalized spacial score (nSPS) is 10.3. The van der Waals surface area contributed by atoms with Crippen molar-refractivity contribution in [1.29, 1.82) is 0 Å². The Kier molecular flexibility index (Phi) is 4.51. The standard InChI is InChI=1S/C17H20N2O/c1-4-19(5-2)17-13(3)11-15(12-18-17)16(20)14-9-7-6-8-10-14/h6-12H,4-5H2,1-3H3. The van der Waals surface area contributed by atoms with E-state index in [0.717, 1.165) is 24.5 Å². The molecule has 1 aromatic heterocycles. The van der Waals surface area contributed by atoms with Gasteiger partial charge in [-0.2, -0.15) is 0 Å². The van der Waals surface area contributed by atoms with Gasteiger partial charge in [0.15, 0.2) is 5.78 Å². The van der Waals surface area contributed by atoms with Crippen molar-refractivity contribution >= 4 is 11.6 Å². The number of hydrogen-bond acceptors (Lipinski definition) is 3. The lowest BCUT2D eigenvalue weighted by Gasteiger charge is -2.21. The van der Waals surface area contributed by atoms with Crippen LogP contribution in [-0.2, 0) is 0 Å². The summed E-state index contributed by atoms with van der Waals surface area (Å²) < 4.78 is 0. The molecule has 0 aliphatic carbocycles. The molecule has 3 nitrogen and oxygen atoms in total. The topological polar surface area (TPSA) is 33.2 Å². The zero-order valence-corrected chi connectivity index (χ0v) is 12.3. The first-order valence-electron chi connectivity index (χ1n) is 6.98. The van der Waals surface area contributed by atoms with Gasteiger partial charge in [-0.05, 0) is 32.4 Å². The molecule has 0 saturated heterocycles. The Bertz CT molecular complexity index is 589. The molecule has 0 unspecified atom stereocenters. The largest absolute Gasteiger partial charge is 0.357 e. The quantitative estimate of drug-likeness (QED) is 0.778. The van der Waals surface area contributed by atoms with E-state index in [4.69, 9.17) is 0 Å². The third kappa shape index (κ3) is 2.87. The molecular weight excluding hydrogens is 248 g/mol. The van der Waals surface area contributed by atoms with E-state index in [1.54, 1.807) is 6.20 Å². The highest BCUT2D eigenvalue weighted by Crippen LogP contribution is 2.19. The van der Waals surface area contributed by atoms with Gasteiger partial charge in [0.25, 0.3) is 0 Å². The molecule has 0 saturated carbocycles. The van der Waals surface area contributed by atoms with E-state index in [1.807, 2.05) is 43.3 Å². The zero-order valence-electron chi connectivity index (χ0n) is 12.3. The minimum absolute atomic E-state index is 0.0206. The summed E-state index contributed by atoms with van der Waals surface area (Å²) in [6, 6.07) is 11.2. The van der Waals surface area contributed by atoms with Crippen molar-refractivity contribution in [2.45, 2.75) is 20.8 Å². The van der Waals surface area contributed by atoms with E-state index < -0.39 is 0 Å². The zero-order chi connectivity index (χ0) is 14.5. The van der Waals surface area contributed by atoms with E-state index in [-0.39, 0.29) is 5.78 Å². The third-order valence-corrected chi connectivity index (χ3v) is 3.41. The fraction of sp³-hybridized carbons (Fsp3) is 0.294. The van der Waals surface area contributed by atoms with Gasteiger partial charge in [-0.15, -0.1) is 0 Å². The molecule has 104 valence electrons. The van der Waals surface area contributed by atoms with Gasteiger partial charge in [0, 0.05) is 30.4 Å². The highest BCUT2D eigenvalue weighted by Gasteiger charge is 2.13. The number of carbonyl (C=O) groups is 1. The van der Waals surface area contributed by atoms with Gasteiger partial charge in [-0.3, -0.25) is 4.79 Å². The van der Waals surface area contributed by atoms with E-state index in [0.29, 0.717) is 11.1 Å². The van der Waals surface area contributed by atoms with Crippen LogP contribution in [0.3, 0.4) is 0 Å². The Balaban J connectivity index is 2.32. The number of pyridine rings is 1. The Morgan fingerprint density at radius 3 is 2.30 bits per heavy atom. The number of ketones is 1. The van der Waals surface area contributed by atoms with E-state index in [9.17, 15) is 4.79 Å². The van der Waals surface area contributed by atoms with E-state index >= 15 is 0 Å². The maximum atomic E-state index is 12.4. The lowest BCUT2D eigenvalue weighted by Crippen LogP contribution is -2.24. The Labute approximate surface area is 120 Å². The number of carbonyl (C=O) groups excluding carboxylic acids is 1. The number of aromatic nitrogens is 1. The molecule has 20 heavy (non-hydrogen) atoms. The lowest BCUT2D eigenvalue weighted by molar-refractivity contribution is 0.103. The molecule has 2 aromatic rings. The Morgan fingerprint density at radius 1 is 1.10 bits per heavy atom. The molecule has 0 N–H and O–H groups in total.